The van der Waals surface area contributed by atoms with Crippen molar-refractivity contribution >= 4 is 40.5 Å². The molecule has 2 amide bonds. The number of hydrogen-bond acceptors (Lipinski definition) is 5. The van der Waals surface area contributed by atoms with Gasteiger partial charge in [-0.05, 0) is 67.3 Å². The van der Waals surface area contributed by atoms with Crippen LogP contribution >= 0.6 is 11.6 Å². The summed E-state index contributed by atoms with van der Waals surface area (Å²) in [5, 5.41) is 6.25. The van der Waals surface area contributed by atoms with E-state index in [9.17, 15) is 9.59 Å². The number of ketones is 1. The maximum absolute atomic E-state index is 13.0. The quantitative estimate of drug-likeness (QED) is 0.367. The Morgan fingerprint density at radius 1 is 1.03 bits per heavy atom. The van der Waals surface area contributed by atoms with Crippen LogP contribution in [0.5, 0.6) is 0 Å². The van der Waals surface area contributed by atoms with Gasteiger partial charge < -0.3 is 21.3 Å². The summed E-state index contributed by atoms with van der Waals surface area (Å²) in [7, 11) is 0. The second-order valence-corrected chi connectivity index (χ2v) is 8.51. The standard InChI is InChI=1S/C25H26ClN5O2/c26-19-6-4-18(5-7-19)24(32)21-2-1-3-22(27)23(21)30-25(33)29-16-17-10-14-31(15-11-17)20-8-12-28-13-9-20/h1-9,12-13,17H,10-11,14-16,27H2,(H2,29,30,33). The minimum Gasteiger partial charge on any atom is -0.397 e. The number of anilines is 3. The molecule has 0 spiro atoms. The van der Waals surface area contributed by atoms with Crippen molar-refractivity contribution in [3.63, 3.8) is 0 Å². The Labute approximate surface area is 198 Å². The van der Waals surface area contributed by atoms with Crippen LogP contribution in [0, 0.1) is 5.92 Å². The van der Waals surface area contributed by atoms with Crippen LogP contribution in [0.15, 0.2) is 67.0 Å². The van der Waals surface area contributed by atoms with Gasteiger partial charge in [0.15, 0.2) is 5.78 Å². The fraction of sp³-hybridized carbons (Fsp3) is 0.240. The van der Waals surface area contributed by atoms with E-state index in [1.165, 1.54) is 5.69 Å². The first-order valence-electron chi connectivity index (χ1n) is 10.9. The average molecular weight is 464 g/mol. The molecule has 4 N–H and O–H groups in total. The van der Waals surface area contributed by atoms with E-state index >= 15 is 0 Å². The first kappa shape index (κ1) is 22.6. The smallest absolute Gasteiger partial charge is 0.319 e. The number of carbonyl (C=O) groups excluding carboxylic acids is 2. The molecule has 2 heterocycles. The molecule has 0 unspecified atom stereocenters. The Balaban J connectivity index is 1.34. The summed E-state index contributed by atoms with van der Waals surface area (Å²) in [6.45, 7) is 2.43. The molecule has 0 atom stereocenters. The Morgan fingerprint density at radius 3 is 2.42 bits per heavy atom. The van der Waals surface area contributed by atoms with Gasteiger partial charge in [-0.1, -0.05) is 17.7 Å². The lowest BCUT2D eigenvalue weighted by atomic mass is 9.96. The van der Waals surface area contributed by atoms with Crippen molar-refractivity contribution in [2.24, 2.45) is 5.92 Å². The summed E-state index contributed by atoms with van der Waals surface area (Å²) in [6, 6.07) is 15.3. The number of nitrogen functional groups attached to an aromatic ring is 1. The molecule has 33 heavy (non-hydrogen) atoms. The zero-order chi connectivity index (χ0) is 23.2. The predicted octanol–water partition coefficient (Wildman–Crippen LogP) is 4.59. The molecule has 1 saturated heterocycles. The van der Waals surface area contributed by atoms with E-state index in [-0.39, 0.29) is 11.8 Å². The lowest BCUT2D eigenvalue weighted by Gasteiger charge is -2.33. The number of carbonyl (C=O) groups is 2. The number of rotatable bonds is 6. The molecule has 170 valence electrons. The van der Waals surface area contributed by atoms with Crippen molar-refractivity contribution in [3.8, 4) is 0 Å². The van der Waals surface area contributed by atoms with Crippen molar-refractivity contribution in [2.75, 3.05) is 35.6 Å². The van der Waals surface area contributed by atoms with E-state index in [4.69, 9.17) is 17.3 Å². The van der Waals surface area contributed by atoms with Gasteiger partial charge in [0, 0.05) is 53.9 Å². The predicted molar refractivity (Wildman–Crippen MR) is 132 cm³/mol. The van der Waals surface area contributed by atoms with Crippen LogP contribution in [0.3, 0.4) is 0 Å². The number of nitrogens with zero attached hydrogens (tertiary/aromatic N) is 2. The molecular formula is C25H26ClN5O2. The highest BCUT2D eigenvalue weighted by atomic mass is 35.5. The number of aromatic nitrogens is 1. The number of nitrogens with one attached hydrogen (secondary N) is 2. The minimum atomic E-state index is -0.380. The van der Waals surface area contributed by atoms with Crippen LogP contribution in [-0.4, -0.2) is 36.4 Å². The van der Waals surface area contributed by atoms with E-state index < -0.39 is 0 Å². The summed E-state index contributed by atoms with van der Waals surface area (Å²) >= 11 is 5.92. The fourth-order valence-electron chi connectivity index (χ4n) is 4.00. The van der Waals surface area contributed by atoms with Gasteiger partial charge in [0.05, 0.1) is 11.4 Å². The van der Waals surface area contributed by atoms with Crippen LogP contribution in [-0.2, 0) is 0 Å². The van der Waals surface area contributed by atoms with Crippen LogP contribution in [0.4, 0.5) is 21.9 Å². The molecule has 0 radical (unpaired) electrons. The molecular weight excluding hydrogens is 438 g/mol. The number of amides is 2. The number of halogens is 1. The maximum atomic E-state index is 13.0. The van der Waals surface area contributed by atoms with Gasteiger partial charge in [0.1, 0.15) is 0 Å². The summed E-state index contributed by atoms with van der Waals surface area (Å²) in [5.74, 6) is 0.148. The second kappa shape index (κ2) is 10.4. The van der Waals surface area contributed by atoms with Crippen LogP contribution < -0.4 is 21.3 Å². The van der Waals surface area contributed by atoms with E-state index in [1.54, 1.807) is 54.9 Å². The number of para-hydroxylation sites is 1. The van der Waals surface area contributed by atoms with E-state index in [0.717, 1.165) is 25.9 Å². The number of nitrogens with two attached hydrogens (primary N) is 1. The Bertz CT molecular complexity index is 1110. The van der Waals surface area contributed by atoms with Crippen molar-refractivity contribution in [1.82, 2.24) is 10.3 Å². The van der Waals surface area contributed by atoms with Gasteiger partial charge in [-0.25, -0.2) is 4.79 Å². The molecule has 4 rings (SSSR count). The fourth-order valence-corrected chi connectivity index (χ4v) is 4.13. The van der Waals surface area contributed by atoms with Gasteiger partial charge in [-0.15, -0.1) is 0 Å². The number of hydrogen-bond donors (Lipinski definition) is 3. The van der Waals surface area contributed by atoms with E-state index in [1.807, 2.05) is 12.1 Å². The molecule has 8 heteroatoms. The lowest BCUT2D eigenvalue weighted by molar-refractivity contribution is 0.103. The third-order valence-electron chi connectivity index (χ3n) is 5.88. The molecule has 7 nitrogen and oxygen atoms in total. The second-order valence-electron chi connectivity index (χ2n) is 8.08. The van der Waals surface area contributed by atoms with Crippen LogP contribution in [0.2, 0.25) is 5.02 Å². The molecule has 0 bridgehead atoms. The Hall–Kier alpha value is -3.58. The Morgan fingerprint density at radius 2 is 1.73 bits per heavy atom. The maximum Gasteiger partial charge on any atom is 0.319 e. The average Bonchev–Trinajstić information content (AvgIpc) is 2.85. The minimum absolute atomic E-state index is 0.238. The largest absolute Gasteiger partial charge is 0.397 e. The summed E-state index contributed by atoms with van der Waals surface area (Å²) in [6.07, 6.45) is 5.57. The summed E-state index contributed by atoms with van der Waals surface area (Å²) in [5.41, 5.74) is 8.70. The topological polar surface area (TPSA) is 100 Å². The number of benzene rings is 2. The third kappa shape index (κ3) is 5.62. The summed E-state index contributed by atoms with van der Waals surface area (Å²) in [4.78, 5) is 32.0. The number of urea groups is 1. The lowest BCUT2D eigenvalue weighted by Crippen LogP contribution is -2.40. The SMILES string of the molecule is Nc1cccc(C(=O)c2ccc(Cl)cc2)c1NC(=O)NCC1CCN(c2ccncc2)CC1. The first-order chi connectivity index (χ1) is 16.0. The molecule has 1 aromatic heterocycles. The number of piperidine rings is 1. The third-order valence-corrected chi connectivity index (χ3v) is 6.13. The van der Waals surface area contributed by atoms with Gasteiger partial charge in [0.25, 0.3) is 0 Å². The van der Waals surface area contributed by atoms with E-state index in [2.05, 4.69) is 20.5 Å². The first-order valence-corrected chi connectivity index (χ1v) is 11.3. The summed E-state index contributed by atoms with van der Waals surface area (Å²) < 4.78 is 0. The van der Waals surface area contributed by atoms with Crippen LogP contribution in [0.1, 0.15) is 28.8 Å². The zero-order valence-electron chi connectivity index (χ0n) is 18.1. The van der Waals surface area contributed by atoms with Gasteiger partial charge in [0.2, 0.25) is 0 Å². The van der Waals surface area contributed by atoms with Crippen molar-refractivity contribution in [2.45, 2.75) is 12.8 Å². The molecule has 3 aromatic rings. The molecule has 0 saturated carbocycles. The van der Waals surface area contributed by atoms with Crippen molar-refractivity contribution < 1.29 is 9.59 Å². The molecule has 1 fully saturated rings. The molecule has 1 aliphatic heterocycles. The normalized spacial score (nSPS) is 14.0. The monoisotopic (exact) mass is 463 g/mol. The van der Waals surface area contributed by atoms with Gasteiger partial charge in [-0.2, -0.15) is 0 Å². The highest BCUT2D eigenvalue weighted by Gasteiger charge is 2.21. The van der Waals surface area contributed by atoms with Crippen molar-refractivity contribution in [3.05, 3.63) is 83.1 Å². The highest BCUT2D eigenvalue weighted by Crippen LogP contribution is 2.27. The molecule has 0 aliphatic carbocycles. The van der Waals surface area contributed by atoms with Crippen LogP contribution in [0.25, 0.3) is 0 Å². The highest BCUT2D eigenvalue weighted by molar-refractivity contribution is 6.30. The van der Waals surface area contributed by atoms with Gasteiger partial charge >= 0.3 is 6.03 Å². The van der Waals surface area contributed by atoms with Crippen molar-refractivity contribution in [1.29, 1.82) is 0 Å². The number of pyridine rings is 1. The van der Waals surface area contributed by atoms with E-state index in [0.29, 0.717) is 40.0 Å². The molecule has 2 aromatic carbocycles. The Kier molecular flexibility index (Phi) is 7.10. The zero-order valence-corrected chi connectivity index (χ0v) is 18.9. The molecule has 1 aliphatic rings. The van der Waals surface area contributed by atoms with Gasteiger partial charge in [-0.3, -0.25) is 9.78 Å².